The summed E-state index contributed by atoms with van der Waals surface area (Å²) in [5, 5.41) is 14.5. The number of methoxy groups -OCH3 is 1. The summed E-state index contributed by atoms with van der Waals surface area (Å²) in [6, 6.07) is 13.6. The van der Waals surface area contributed by atoms with Gasteiger partial charge in [0.2, 0.25) is 11.8 Å². The van der Waals surface area contributed by atoms with Gasteiger partial charge < -0.3 is 30.0 Å². The van der Waals surface area contributed by atoms with E-state index in [1.165, 1.54) is 67.9 Å². The topological polar surface area (TPSA) is 136 Å². The average Bonchev–Trinajstić information content (AvgIpc) is 3.77. The van der Waals surface area contributed by atoms with Gasteiger partial charge in [0.15, 0.2) is 29.7 Å². The summed E-state index contributed by atoms with van der Waals surface area (Å²) in [5.41, 5.74) is -0.431. The molecule has 1 aromatic heterocycles. The van der Waals surface area contributed by atoms with Crippen molar-refractivity contribution in [3.8, 4) is 23.0 Å². The van der Waals surface area contributed by atoms with Gasteiger partial charge in [0.1, 0.15) is 17.0 Å². The number of nitrogens with zero attached hydrogens (tertiary/aromatic N) is 1. The first kappa shape index (κ1) is 30.3. The number of pyridine rings is 1. The van der Waals surface area contributed by atoms with Crippen molar-refractivity contribution in [3.63, 3.8) is 0 Å². The van der Waals surface area contributed by atoms with Crippen LogP contribution in [0.4, 0.5) is 20.2 Å². The Labute approximate surface area is 250 Å². The summed E-state index contributed by atoms with van der Waals surface area (Å²) >= 11 is 0. The zero-order valence-corrected chi connectivity index (χ0v) is 21.6. The summed E-state index contributed by atoms with van der Waals surface area (Å²) in [7, 11) is 1.39. The number of carboxylic acid groups (broad SMARTS) is 1. The Morgan fingerprint density at radius 2 is 1.55 bits per heavy atom. The van der Waals surface area contributed by atoms with Crippen LogP contribution in [0, 0.1) is 17.0 Å². The molecule has 0 aliphatic heterocycles. The first-order valence-electron chi connectivity index (χ1n) is 12.4. The molecule has 1 fully saturated rings. The van der Waals surface area contributed by atoms with Gasteiger partial charge in [-0.2, -0.15) is 0 Å². The fraction of sp³-hybridized carbons (Fsp3) is 0.172. The predicted octanol–water partition coefficient (Wildman–Crippen LogP) is 4.49. The SMILES string of the molecule is COc1cc2c(Oc3ccc(NC(=O)C4(C(=O)Nc5ccc(F)cc5)CC4)cc3F)ccnc2cc1OCC(=O)O.[LiH]. The summed E-state index contributed by atoms with van der Waals surface area (Å²) in [6.07, 6.45) is 2.07. The summed E-state index contributed by atoms with van der Waals surface area (Å²) < 4.78 is 44.6. The Hall–Kier alpha value is -4.66. The van der Waals surface area contributed by atoms with Gasteiger partial charge in [0.05, 0.1) is 12.6 Å². The van der Waals surface area contributed by atoms with E-state index in [2.05, 4.69) is 15.6 Å². The van der Waals surface area contributed by atoms with Crippen LogP contribution in [0.1, 0.15) is 12.8 Å². The summed E-state index contributed by atoms with van der Waals surface area (Å²) in [4.78, 5) is 40.8. The second-order valence-corrected chi connectivity index (χ2v) is 9.26. The normalized spacial score (nSPS) is 12.9. The number of amides is 2. The molecule has 0 unspecified atom stereocenters. The van der Waals surface area contributed by atoms with Crippen LogP contribution in [0.5, 0.6) is 23.0 Å². The summed E-state index contributed by atoms with van der Waals surface area (Å²) in [5.74, 6) is -3.01. The van der Waals surface area contributed by atoms with E-state index < -0.39 is 41.4 Å². The Kier molecular flexibility index (Phi) is 8.99. The number of carboxylic acids is 1. The number of rotatable bonds is 10. The zero-order chi connectivity index (χ0) is 29.1. The van der Waals surface area contributed by atoms with E-state index in [4.69, 9.17) is 19.3 Å². The first-order chi connectivity index (χ1) is 19.7. The van der Waals surface area contributed by atoms with Crippen LogP contribution in [0.25, 0.3) is 10.9 Å². The molecule has 3 N–H and O–H groups in total. The average molecular weight is 571 g/mol. The molecule has 1 aliphatic carbocycles. The molecule has 4 aromatic rings. The van der Waals surface area contributed by atoms with Crippen LogP contribution in [0.15, 0.2) is 66.9 Å². The van der Waals surface area contributed by atoms with Crippen molar-refractivity contribution in [2.24, 2.45) is 5.41 Å². The molecule has 212 valence electrons. The van der Waals surface area contributed by atoms with E-state index in [0.717, 1.165) is 6.07 Å². The number of ether oxygens (including phenoxy) is 3. The molecule has 42 heavy (non-hydrogen) atoms. The molecule has 5 rings (SSSR count). The van der Waals surface area contributed by atoms with Crippen molar-refractivity contribution in [1.29, 1.82) is 0 Å². The number of nitrogens with one attached hydrogen (secondary N) is 2. The Morgan fingerprint density at radius 1 is 0.881 bits per heavy atom. The number of hydrogen-bond acceptors (Lipinski definition) is 7. The van der Waals surface area contributed by atoms with Gasteiger partial charge in [-0.15, -0.1) is 0 Å². The molecule has 10 nitrogen and oxygen atoms in total. The zero-order valence-electron chi connectivity index (χ0n) is 21.6. The molecular formula is C29H24F2LiN3O7. The Bertz CT molecular complexity index is 1660. The molecular weight excluding hydrogens is 547 g/mol. The van der Waals surface area contributed by atoms with Gasteiger partial charge in [-0.1, -0.05) is 0 Å². The van der Waals surface area contributed by atoms with Crippen molar-refractivity contribution in [2.75, 3.05) is 24.4 Å². The van der Waals surface area contributed by atoms with Gasteiger partial charge in [-0.25, -0.2) is 13.6 Å². The molecule has 0 atom stereocenters. The Morgan fingerprint density at radius 3 is 2.17 bits per heavy atom. The van der Waals surface area contributed by atoms with Crippen LogP contribution < -0.4 is 24.8 Å². The number of carbonyl (C=O) groups excluding carboxylic acids is 2. The number of aliphatic carboxylic acids is 1. The van der Waals surface area contributed by atoms with E-state index in [1.807, 2.05) is 0 Å². The second-order valence-electron chi connectivity index (χ2n) is 9.26. The summed E-state index contributed by atoms with van der Waals surface area (Å²) in [6.45, 7) is -0.577. The van der Waals surface area contributed by atoms with Crippen LogP contribution in [0.2, 0.25) is 0 Å². The van der Waals surface area contributed by atoms with Crippen LogP contribution in [0.3, 0.4) is 0 Å². The van der Waals surface area contributed by atoms with Gasteiger partial charge in [-0.3, -0.25) is 14.6 Å². The quantitative estimate of drug-likeness (QED) is 0.187. The number of carbonyl (C=O) groups is 3. The van der Waals surface area contributed by atoms with Crippen molar-refractivity contribution in [2.45, 2.75) is 12.8 Å². The molecule has 2 amide bonds. The molecule has 1 heterocycles. The standard InChI is InChI=1S/C29H23F2N3O7.Li.H/c1-39-24-13-19-21(14-25(24)40-15-26(35)36)32-11-8-22(19)41-23-7-6-18(12-20(23)31)34-28(38)29(9-10-29)27(37)33-17-4-2-16(30)3-5-17;;/h2-8,11-14H,9-10,15H2,1H3,(H,33,37)(H,34,38)(H,35,36);;. The third kappa shape index (κ3) is 6.46. The third-order valence-electron chi connectivity index (χ3n) is 6.47. The van der Waals surface area contributed by atoms with Gasteiger partial charge in [-0.05, 0) is 61.4 Å². The van der Waals surface area contributed by atoms with E-state index in [9.17, 15) is 18.8 Å². The number of benzene rings is 3. The number of aromatic nitrogens is 1. The van der Waals surface area contributed by atoms with E-state index in [1.54, 1.807) is 0 Å². The van der Waals surface area contributed by atoms with E-state index in [-0.39, 0.29) is 47.5 Å². The number of hydrogen-bond donors (Lipinski definition) is 3. The Balaban J connectivity index is 0.00000405. The van der Waals surface area contributed by atoms with Gasteiger partial charge in [0, 0.05) is 35.1 Å². The van der Waals surface area contributed by atoms with Gasteiger partial charge >= 0.3 is 24.8 Å². The number of anilines is 2. The number of fused-ring (bicyclic) bond motifs is 1. The minimum atomic E-state index is -1.30. The molecule has 3 aromatic carbocycles. The first-order valence-corrected chi connectivity index (χ1v) is 12.4. The molecule has 1 saturated carbocycles. The van der Waals surface area contributed by atoms with Crippen molar-refractivity contribution in [3.05, 3.63) is 78.5 Å². The monoisotopic (exact) mass is 571 g/mol. The van der Waals surface area contributed by atoms with Crippen LogP contribution in [-0.2, 0) is 14.4 Å². The van der Waals surface area contributed by atoms with Crippen molar-refractivity contribution < 1.29 is 42.5 Å². The maximum atomic E-state index is 15.1. The minimum absolute atomic E-state index is 0. The van der Waals surface area contributed by atoms with Crippen molar-refractivity contribution >= 4 is 58.9 Å². The second kappa shape index (κ2) is 12.5. The maximum absolute atomic E-state index is 15.1. The molecule has 0 spiro atoms. The van der Waals surface area contributed by atoms with Crippen LogP contribution in [-0.4, -0.2) is 60.5 Å². The number of halogens is 2. The van der Waals surface area contributed by atoms with E-state index in [0.29, 0.717) is 29.4 Å². The van der Waals surface area contributed by atoms with E-state index >= 15 is 4.39 Å². The van der Waals surface area contributed by atoms with Gasteiger partial charge in [0.25, 0.3) is 0 Å². The molecule has 1 aliphatic rings. The van der Waals surface area contributed by atoms with Crippen molar-refractivity contribution in [1.82, 2.24) is 4.98 Å². The fourth-order valence-electron chi connectivity index (χ4n) is 4.13. The van der Waals surface area contributed by atoms with Crippen LogP contribution >= 0.6 is 0 Å². The molecule has 0 radical (unpaired) electrons. The molecule has 0 saturated heterocycles. The fourth-order valence-corrected chi connectivity index (χ4v) is 4.13. The molecule has 0 bridgehead atoms. The third-order valence-corrected chi connectivity index (χ3v) is 6.47. The predicted molar refractivity (Wildman–Crippen MR) is 150 cm³/mol. The molecule has 13 heteroatoms.